The number of fused-ring (bicyclic) bond motifs is 1. The van der Waals surface area contributed by atoms with Crippen molar-refractivity contribution in [3.63, 3.8) is 0 Å². The van der Waals surface area contributed by atoms with Gasteiger partial charge in [-0.15, -0.1) is 11.3 Å². The zero-order valence-corrected chi connectivity index (χ0v) is 11.9. The number of thiophene rings is 1. The highest BCUT2D eigenvalue weighted by Gasteiger charge is 2.18. The van der Waals surface area contributed by atoms with Gasteiger partial charge in [-0.1, -0.05) is 36.7 Å². The molecule has 0 fully saturated rings. The fourth-order valence-electron chi connectivity index (χ4n) is 2.28. The number of halogens is 1. The zero-order chi connectivity index (χ0) is 13.4. The van der Waals surface area contributed by atoms with Crippen LogP contribution in [0.3, 0.4) is 0 Å². The Morgan fingerprint density at radius 3 is 2.89 bits per heavy atom. The lowest BCUT2D eigenvalue weighted by Crippen LogP contribution is -1.98. The summed E-state index contributed by atoms with van der Waals surface area (Å²) in [7, 11) is 0. The minimum Gasteiger partial charge on any atom is -0.360 e. The molecule has 0 aliphatic carbocycles. The second kappa shape index (κ2) is 4.83. The monoisotopic (exact) mass is 289 g/mol. The Balaban J connectivity index is 2.17. The number of aryl methyl sites for hydroxylation is 1. The van der Waals surface area contributed by atoms with Crippen molar-refractivity contribution >= 4 is 39.6 Å². The highest BCUT2D eigenvalue weighted by Crippen LogP contribution is 2.29. The van der Waals surface area contributed by atoms with Crippen molar-refractivity contribution in [1.29, 1.82) is 0 Å². The smallest absolute Gasteiger partial charge is 0.206 e. The molecule has 1 N–H and O–H groups in total. The quantitative estimate of drug-likeness (QED) is 0.698. The summed E-state index contributed by atoms with van der Waals surface area (Å²) in [6, 6.07) is 7.79. The maximum Gasteiger partial charge on any atom is 0.206 e. The van der Waals surface area contributed by atoms with Gasteiger partial charge >= 0.3 is 0 Å². The van der Waals surface area contributed by atoms with Crippen LogP contribution < -0.4 is 0 Å². The number of para-hydroxylation sites is 1. The lowest BCUT2D eigenvalue weighted by Gasteiger charge is -2.00. The number of rotatable bonds is 3. The molecule has 0 unspecified atom stereocenters. The Kier molecular flexibility index (Phi) is 3.17. The molecule has 19 heavy (non-hydrogen) atoms. The fraction of sp³-hybridized carbons (Fsp3) is 0.133. The Morgan fingerprint density at radius 2 is 2.21 bits per heavy atom. The first kappa shape index (κ1) is 12.5. The van der Waals surface area contributed by atoms with Gasteiger partial charge in [-0.3, -0.25) is 4.79 Å². The van der Waals surface area contributed by atoms with Gasteiger partial charge in [0.05, 0.1) is 9.90 Å². The van der Waals surface area contributed by atoms with Gasteiger partial charge in [0.15, 0.2) is 0 Å². The number of hydrogen-bond donors (Lipinski definition) is 1. The van der Waals surface area contributed by atoms with E-state index < -0.39 is 0 Å². The van der Waals surface area contributed by atoms with Crippen LogP contribution in [-0.4, -0.2) is 10.8 Å². The van der Waals surface area contributed by atoms with E-state index in [0.29, 0.717) is 15.5 Å². The Morgan fingerprint density at radius 1 is 1.37 bits per heavy atom. The largest absolute Gasteiger partial charge is 0.360 e. The Labute approximate surface area is 120 Å². The first-order valence-corrected chi connectivity index (χ1v) is 7.34. The van der Waals surface area contributed by atoms with E-state index in [2.05, 4.69) is 18.0 Å². The summed E-state index contributed by atoms with van der Waals surface area (Å²) in [5.41, 5.74) is 2.95. The van der Waals surface area contributed by atoms with Crippen LogP contribution in [-0.2, 0) is 6.42 Å². The third-order valence-corrected chi connectivity index (χ3v) is 4.59. The molecule has 2 heterocycles. The van der Waals surface area contributed by atoms with E-state index in [1.807, 2.05) is 17.5 Å². The lowest BCUT2D eigenvalue weighted by molar-refractivity contribution is 0.104. The summed E-state index contributed by atoms with van der Waals surface area (Å²) < 4.78 is 0. The molecule has 3 rings (SSSR count). The van der Waals surface area contributed by atoms with Crippen LogP contribution >= 0.6 is 22.9 Å². The normalized spacial score (nSPS) is 11.1. The molecule has 96 valence electrons. The van der Waals surface area contributed by atoms with Gasteiger partial charge in [-0.05, 0) is 23.4 Å². The molecule has 0 aliphatic rings. The van der Waals surface area contributed by atoms with E-state index in [1.165, 1.54) is 16.9 Å². The highest BCUT2D eigenvalue weighted by molar-refractivity contribution is 7.13. The molecule has 1 aromatic carbocycles. The van der Waals surface area contributed by atoms with Gasteiger partial charge in [0.1, 0.15) is 0 Å². The van der Waals surface area contributed by atoms with E-state index in [-0.39, 0.29) is 5.78 Å². The van der Waals surface area contributed by atoms with Crippen molar-refractivity contribution in [2.24, 2.45) is 0 Å². The number of H-pyrrole nitrogens is 1. The summed E-state index contributed by atoms with van der Waals surface area (Å²) in [6.07, 6.45) is 2.72. The van der Waals surface area contributed by atoms with E-state index in [0.717, 1.165) is 17.3 Å². The van der Waals surface area contributed by atoms with Crippen LogP contribution in [0.15, 0.2) is 35.8 Å². The average Bonchev–Trinajstić information content (AvgIpc) is 3.03. The summed E-state index contributed by atoms with van der Waals surface area (Å²) in [5.74, 6) is -0.0143. The number of aromatic nitrogens is 1. The number of ketones is 1. The topological polar surface area (TPSA) is 32.9 Å². The molecule has 0 spiro atoms. The maximum atomic E-state index is 12.5. The third kappa shape index (κ3) is 1.99. The highest BCUT2D eigenvalue weighted by atomic mass is 35.5. The van der Waals surface area contributed by atoms with Crippen molar-refractivity contribution in [3.8, 4) is 0 Å². The standard InChI is InChI=1S/C15H12ClNOS/c1-2-9-4-3-5-10-11(8-17-13(9)10)14(18)15-12(16)6-7-19-15/h3-8,17H,2H2,1H3. The predicted molar refractivity (Wildman–Crippen MR) is 80.4 cm³/mol. The number of carbonyl (C=O) groups excluding carboxylic acids is 1. The van der Waals surface area contributed by atoms with Crippen molar-refractivity contribution in [2.75, 3.05) is 0 Å². The van der Waals surface area contributed by atoms with Crippen LogP contribution in [0.2, 0.25) is 5.02 Å². The molecule has 0 amide bonds. The lowest BCUT2D eigenvalue weighted by atomic mass is 10.0. The molecule has 0 bridgehead atoms. The zero-order valence-electron chi connectivity index (χ0n) is 10.4. The predicted octanol–water partition coefficient (Wildman–Crippen LogP) is 4.68. The molecule has 0 radical (unpaired) electrons. The number of carbonyl (C=O) groups is 1. The SMILES string of the molecule is CCc1cccc2c(C(=O)c3sccc3Cl)c[nH]c12. The van der Waals surface area contributed by atoms with Crippen LogP contribution in [0.25, 0.3) is 10.9 Å². The average molecular weight is 290 g/mol. The van der Waals surface area contributed by atoms with Gasteiger partial charge in [0.25, 0.3) is 0 Å². The molecule has 2 aromatic heterocycles. The summed E-state index contributed by atoms with van der Waals surface area (Å²) in [4.78, 5) is 16.3. The summed E-state index contributed by atoms with van der Waals surface area (Å²) in [6.45, 7) is 2.10. The molecular weight excluding hydrogens is 278 g/mol. The molecule has 2 nitrogen and oxygen atoms in total. The minimum absolute atomic E-state index is 0.0143. The van der Waals surface area contributed by atoms with Crippen LogP contribution in [0.4, 0.5) is 0 Å². The van der Waals surface area contributed by atoms with Crippen molar-refractivity contribution in [3.05, 3.63) is 56.9 Å². The maximum absolute atomic E-state index is 12.5. The van der Waals surface area contributed by atoms with Gasteiger partial charge in [-0.2, -0.15) is 0 Å². The molecule has 0 aliphatic heterocycles. The minimum atomic E-state index is -0.0143. The number of benzene rings is 1. The third-order valence-electron chi connectivity index (χ3n) is 3.25. The molecular formula is C15H12ClNOS. The number of nitrogens with one attached hydrogen (secondary N) is 1. The molecule has 0 atom stereocenters. The van der Waals surface area contributed by atoms with Crippen molar-refractivity contribution in [2.45, 2.75) is 13.3 Å². The van der Waals surface area contributed by atoms with Crippen molar-refractivity contribution < 1.29 is 4.79 Å². The summed E-state index contributed by atoms with van der Waals surface area (Å²) in [5, 5.41) is 3.33. The van der Waals surface area contributed by atoms with Crippen LogP contribution in [0, 0.1) is 0 Å². The fourth-order valence-corrected chi connectivity index (χ4v) is 3.37. The van der Waals surface area contributed by atoms with E-state index in [9.17, 15) is 4.79 Å². The second-order valence-corrected chi connectivity index (χ2v) is 5.65. The number of aromatic amines is 1. The summed E-state index contributed by atoms with van der Waals surface area (Å²) >= 11 is 7.42. The van der Waals surface area contributed by atoms with E-state index in [4.69, 9.17) is 11.6 Å². The van der Waals surface area contributed by atoms with Gasteiger partial charge in [0, 0.05) is 22.7 Å². The van der Waals surface area contributed by atoms with Gasteiger partial charge in [0.2, 0.25) is 5.78 Å². The van der Waals surface area contributed by atoms with Crippen molar-refractivity contribution in [1.82, 2.24) is 4.98 Å². The molecule has 0 saturated heterocycles. The first-order valence-electron chi connectivity index (χ1n) is 6.09. The Bertz CT molecular complexity index is 756. The second-order valence-electron chi connectivity index (χ2n) is 4.32. The van der Waals surface area contributed by atoms with Gasteiger partial charge in [-0.25, -0.2) is 0 Å². The molecule has 4 heteroatoms. The van der Waals surface area contributed by atoms with Gasteiger partial charge < -0.3 is 4.98 Å². The molecule has 0 saturated carbocycles. The van der Waals surface area contributed by atoms with Crippen LogP contribution in [0.5, 0.6) is 0 Å². The van der Waals surface area contributed by atoms with E-state index >= 15 is 0 Å². The first-order chi connectivity index (χ1) is 9.22. The van der Waals surface area contributed by atoms with E-state index in [1.54, 1.807) is 12.3 Å². The molecule has 3 aromatic rings. The Hall–Kier alpha value is -1.58. The van der Waals surface area contributed by atoms with Crippen LogP contribution in [0.1, 0.15) is 27.7 Å². The number of hydrogen-bond acceptors (Lipinski definition) is 2.